The third-order valence-corrected chi connectivity index (χ3v) is 12.1. The van der Waals surface area contributed by atoms with Gasteiger partial charge in [-0.25, -0.2) is 4.79 Å². The third-order valence-electron chi connectivity index (χ3n) is 12.1. The summed E-state index contributed by atoms with van der Waals surface area (Å²) in [7, 11) is 0. The Morgan fingerprint density at radius 3 is 2.18 bits per heavy atom. The number of rotatable bonds is 7. The molecule has 3 heterocycles. The van der Waals surface area contributed by atoms with Crippen molar-refractivity contribution < 1.29 is 24.2 Å². The van der Waals surface area contributed by atoms with Crippen LogP contribution in [-0.4, -0.2) is 92.8 Å². The number of carbonyl (C=O) groups is 3. The molecule has 2 aliphatic heterocycles. The van der Waals surface area contributed by atoms with Crippen molar-refractivity contribution >= 4 is 17.9 Å². The summed E-state index contributed by atoms with van der Waals surface area (Å²) in [5.41, 5.74) is -0.900. The van der Waals surface area contributed by atoms with Crippen molar-refractivity contribution in [2.75, 3.05) is 39.3 Å². The number of piperazine rings is 1. The van der Waals surface area contributed by atoms with E-state index in [9.17, 15) is 24.3 Å². The molecule has 6 rings (SSSR count). The zero-order chi connectivity index (χ0) is 36.4. The van der Waals surface area contributed by atoms with Gasteiger partial charge in [-0.05, 0) is 57.9 Å². The molecule has 2 atom stereocenters. The first-order valence-electron chi connectivity index (χ1n) is 19.4. The van der Waals surface area contributed by atoms with Gasteiger partial charge in [-0.2, -0.15) is 0 Å². The number of ether oxygens (including phenoxy) is 1. The number of hydrogen-bond donors (Lipinski definition) is 1. The van der Waals surface area contributed by atoms with Crippen molar-refractivity contribution in [3.8, 4) is 11.1 Å². The minimum atomic E-state index is -1.20. The highest BCUT2D eigenvalue weighted by molar-refractivity contribution is 6.00. The maximum Gasteiger partial charge on any atom is 0.410 e. The minimum absolute atomic E-state index is 0.0366. The van der Waals surface area contributed by atoms with Gasteiger partial charge in [-0.15, -0.1) is 0 Å². The van der Waals surface area contributed by atoms with E-state index < -0.39 is 22.7 Å². The van der Waals surface area contributed by atoms with Crippen LogP contribution in [-0.2, 0) is 16.1 Å². The predicted molar refractivity (Wildman–Crippen MR) is 197 cm³/mol. The Morgan fingerprint density at radius 2 is 1.53 bits per heavy atom. The van der Waals surface area contributed by atoms with Crippen molar-refractivity contribution in [1.82, 2.24) is 19.3 Å². The molecular weight excluding hydrogens is 644 g/mol. The average molecular weight is 703 g/mol. The molecule has 278 valence electrons. The lowest BCUT2D eigenvalue weighted by Gasteiger charge is -2.53. The molecule has 3 amide bonds. The minimum Gasteiger partial charge on any atom is -0.444 e. The van der Waals surface area contributed by atoms with E-state index in [0.29, 0.717) is 62.7 Å². The molecule has 2 saturated carbocycles. The first-order valence-corrected chi connectivity index (χ1v) is 19.4. The van der Waals surface area contributed by atoms with Gasteiger partial charge in [0.05, 0.1) is 17.7 Å². The van der Waals surface area contributed by atoms with Crippen molar-refractivity contribution in [2.24, 2.45) is 17.3 Å². The average Bonchev–Trinajstić information content (AvgIpc) is 3.59. The number of piperidine rings is 1. The smallest absolute Gasteiger partial charge is 0.410 e. The van der Waals surface area contributed by atoms with E-state index in [2.05, 4.69) is 6.92 Å². The van der Waals surface area contributed by atoms with Gasteiger partial charge < -0.3 is 29.1 Å². The van der Waals surface area contributed by atoms with Crippen LogP contribution in [0.5, 0.6) is 0 Å². The molecule has 10 nitrogen and oxygen atoms in total. The number of likely N-dealkylation sites (tertiary alicyclic amines) is 1. The molecule has 1 aromatic carbocycles. The Bertz CT molecular complexity index is 1610. The molecule has 0 unspecified atom stereocenters. The van der Waals surface area contributed by atoms with E-state index in [1.54, 1.807) is 16.0 Å². The van der Waals surface area contributed by atoms with Gasteiger partial charge in [0.2, 0.25) is 5.91 Å². The molecule has 4 aliphatic rings. The summed E-state index contributed by atoms with van der Waals surface area (Å²) in [5.74, 6) is 0.557. The fourth-order valence-electron chi connectivity index (χ4n) is 9.22. The zero-order valence-corrected chi connectivity index (χ0v) is 31.2. The van der Waals surface area contributed by atoms with Gasteiger partial charge in [0.25, 0.3) is 11.5 Å². The van der Waals surface area contributed by atoms with Crippen LogP contribution in [0.15, 0.2) is 47.4 Å². The van der Waals surface area contributed by atoms with E-state index >= 15 is 0 Å². The van der Waals surface area contributed by atoms with E-state index in [4.69, 9.17) is 4.74 Å². The molecule has 2 aromatic rings. The second kappa shape index (κ2) is 15.1. The summed E-state index contributed by atoms with van der Waals surface area (Å²) in [6.07, 6.45) is 12.4. The molecule has 0 bridgehead atoms. The first kappa shape index (κ1) is 37.1. The largest absolute Gasteiger partial charge is 0.444 e. The highest BCUT2D eigenvalue weighted by atomic mass is 16.6. The van der Waals surface area contributed by atoms with Gasteiger partial charge in [-0.3, -0.25) is 14.4 Å². The number of nitrogens with zero attached hydrogens (tertiary/aromatic N) is 4. The second-order valence-electron chi connectivity index (χ2n) is 16.9. The first-order chi connectivity index (χ1) is 24.3. The Kier molecular flexibility index (Phi) is 11.0. The lowest BCUT2D eigenvalue weighted by molar-refractivity contribution is -0.163. The quantitative estimate of drug-likeness (QED) is 0.361. The van der Waals surface area contributed by atoms with Gasteiger partial charge >= 0.3 is 6.09 Å². The topological polar surface area (TPSA) is 112 Å². The van der Waals surface area contributed by atoms with Crippen LogP contribution in [0, 0.1) is 17.3 Å². The van der Waals surface area contributed by atoms with Crippen LogP contribution in [0.3, 0.4) is 0 Å². The van der Waals surface area contributed by atoms with E-state index in [0.717, 1.165) is 37.7 Å². The van der Waals surface area contributed by atoms with Crippen LogP contribution in [0.25, 0.3) is 11.1 Å². The van der Waals surface area contributed by atoms with E-state index in [1.165, 1.54) is 42.7 Å². The standard InChI is InChI=1S/C41H58N4O6/c1-30(25-31-13-7-5-8-14-31)36(47)44-20-19-41(50,40(28-44)17-11-12-18-40)29-45-27-34(33(26-35(45)46)32-15-9-6-10-16-32)37(48)42-21-23-43(24-22-42)38(49)51-39(2,3)4/h6,9-10,15-16,26-27,30-31,50H,5,7-8,11-14,17-25,28-29H2,1-4H3/t30-,41-/m1/s1. The van der Waals surface area contributed by atoms with Crippen LogP contribution >= 0.6 is 0 Å². The number of aliphatic hydroxyl groups is 1. The number of amides is 3. The Labute approximate surface area is 303 Å². The molecule has 0 radical (unpaired) electrons. The van der Waals surface area contributed by atoms with Crippen LogP contribution in [0.4, 0.5) is 4.79 Å². The van der Waals surface area contributed by atoms with Gasteiger partial charge in [-0.1, -0.05) is 82.2 Å². The van der Waals surface area contributed by atoms with Gasteiger partial charge in [0.1, 0.15) is 5.60 Å². The van der Waals surface area contributed by atoms with Crippen LogP contribution in [0.2, 0.25) is 0 Å². The molecule has 2 saturated heterocycles. The number of pyridine rings is 1. The Hall–Kier alpha value is -3.66. The van der Waals surface area contributed by atoms with Gasteiger partial charge in [0.15, 0.2) is 0 Å². The third kappa shape index (κ3) is 8.21. The Morgan fingerprint density at radius 1 is 0.882 bits per heavy atom. The summed E-state index contributed by atoms with van der Waals surface area (Å²) >= 11 is 0. The summed E-state index contributed by atoms with van der Waals surface area (Å²) in [6, 6.07) is 11.0. The fraction of sp³-hybridized carbons (Fsp3) is 0.659. The van der Waals surface area contributed by atoms with Crippen molar-refractivity contribution in [1.29, 1.82) is 0 Å². The Balaban J connectivity index is 1.23. The molecule has 1 spiro atoms. The maximum absolute atomic E-state index is 14.3. The molecule has 1 N–H and O–H groups in total. The monoisotopic (exact) mass is 702 g/mol. The molecule has 4 fully saturated rings. The lowest BCUT2D eigenvalue weighted by atomic mass is 9.65. The van der Waals surface area contributed by atoms with Crippen molar-refractivity contribution in [2.45, 2.75) is 116 Å². The fourth-order valence-corrected chi connectivity index (χ4v) is 9.22. The maximum atomic E-state index is 14.3. The molecular formula is C41H58N4O6. The summed E-state index contributed by atoms with van der Waals surface area (Å²) in [6.45, 7) is 9.95. The van der Waals surface area contributed by atoms with Crippen LogP contribution < -0.4 is 5.56 Å². The molecule has 10 heteroatoms. The molecule has 51 heavy (non-hydrogen) atoms. The SMILES string of the molecule is C[C@H](CC1CCCCC1)C(=O)N1CC[C@@](O)(Cn2cc(C(=O)N3CCN(C(=O)OC(C)(C)C)CC3)c(-c3ccccc3)cc2=O)C2(CCCC2)C1. The van der Waals surface area contributed by atoms with Crippen molar-refractivity contribution in [3.63, 3.8) is 0 Å². The van der Waals surface area contributed by atoms with E-state index in [1.807, 2.05) is 56.0 Å². The van der Waals surface area contributed by atoms with Crippen molar-refractivity contribution in [3.05, 3.63) is 58.5 Å². The van der Waals surface area contributed by atoms with Gasteiger partial charge in [0, 0.05) is 68.4 Å². The zero-order valence-electron chi connectivity index (χ0n) is 31.2. The number of hydrogen-bond acceptors (Lipinski definition) is 6. The highest BCUT2D eigenvalue weighted by Crippen LogP contribution is 2.52. The number of benzene rings is 1. The summed E-state index contributed by atoms with van der Waals surface area (Å²) in [4.78, 5) is 60.0. The second-order valence-corrected chi connectivity index (χ2v) is 16.9. The number of aromatic nitrogens is 1. The normalized spacial score (nSPS) is 23.4. The van der Waals surface area contributed by atoms with Crippen LogP contribution in [0.1, 0.15) is 109 Å². The van der Waals surface area contributed by atoms with E-state index in [-0.39, 0.29) is 29.8 Å². The molecule has 1 aromatic heterocycles. The number of carbonyl (C=O) groups excluding carboxylic acids is 3. The summed E-state index contributed by atoms with van der Waals surface area (Å²) < 4.78 is 7.07. The molecule has 2 aliphatic carbocycles. The lowest BCUT2D eigenvalue weighted by Crippen LogP contribution is -2.62. The summed E-state index contributed by atoms with van der Waals surface area (Å²) in [5, 5.41) is 12.6. The highest BCUT2D eigenvalue weighted by Gasteiger charge is 2.56. The predicted octanol–water partition coefficient (Wildman–Crippen LogP) is 6.34.